The van der Waals surface area contributed by atoms with E-state index in [1.165, 1.54) is 0 Å². The van der Waals surface area contributed by atoms with Crippen LogP contribution in [0.2, 0.25) is 5.02 Å². The van der Waals surface area contributed by atoms with E-state index in [1.54, 1.807) is 17.2 Å². The molecule has 1 heterocycles. The Hall–Kier alpha value is -1.29. The number of carbonyl (C=O) groups excluding carboxylic acids is 1. The van der Waals surface area contributed by atoms with Gasteiger partial charge < -0.3 is 10.2 Å². The van der Waals surface area contributed by atoms with E-state index in [4.69, 9.17) is 11.6 Å². The third-order valence-electron chi connectivity index (χ3n) is 3.79. The fraction of sp³-hybridized carbons (Fsp3) is 0.625. The number of rotatable bonds is 5. The summed E-state index contributed by atoms with van der Waals surface area (Å²) in [5.41, 5.74) is 0.533. The van der Waals surface area contributed by atoms with Gasteiger partial charge in [0.15, 0.2) is 0 Å². The molecule has 0 spiro atoms. The van der Waals surface area contributed by atoms with Crippen LogP contribution < -0.4 is 5.32 Å². The number of pyridine rings is 1. The molecule has 0 aliphatic carbocycles. The first-order valence-corrected chi connectivity index (χ1v) is 7.72. The Morgan fingerprint density at radius 2 is 2.10 bits per heavy atom. The molecule has 0 aromatic carbocycles. The summed E-state index contributed by atoms with van der Waals surface area (Å²) in [5.74, 6) is 0.565. The monoisotopic (exact) mass is 311 g/mol. The van der Waals surface area contributed by atoms with Crippen LogP contribution in [-0.2, 0) is 0 Å². The summed E-state index contributed by atoms with van der Waals surface area (Å²) in [6.07, 6.45) is 2.57. The second-order valence-electron chi connectivity index (χ2n) is 6.44. The smallest absolute Gasteiger partial charge is 0.255 e. The molecule has 1 rings (SSSR count). The van der Waals surface area contributed by atoms with Gasteiger partial charge in [-0.3, -0.25) is 4.79 Å². The zero-order valence-corrected chi connectivity index (χ0v) is 14.6. The number of amides is 1. The van der Waals surface area contributed by atoms with Crippen molar-refractivity contribution in [3.05, 3.63) is 22.8 Å². The minimum Gasteiger partial charge on any atom is -0.369 e. The molecule has 0 aliphatic rings. The van der Waals surface area contributed by atoms with Crippen LogP contribution in [-0.4, -0.2) is 35.4 Å². The molecule has 1 amide bonds. The van der Waals surface area contributed by atoms with Crippen molar-refractivity contribution >= 4 is 23.3 Å². The van der Waals surface area contributed by atoms with E-state index in [2.05, 4.69) is 38.0 Å². The van der Waals surface area contributed by atoms with Gasteiger partial charge in [-0.25, -0.2) is 4.98 Å². The summed E-state index contributed by atoms with van der Waals surface area (Å²) in [6, 6.07) is 1.79. The Balaban J connectivity index is 2.91. The number of nitrogens with zero attached hydrogens (tertiary/aromatic N) is 2. The van der Waals surface area contributed by atoms with Gasteiger partial charge in [0, 0.05) is 25.8 Å². The van der Waals surface area contributed by atoms with Crippen LogP contribution in [0.1, 0.15) is 51.4 Å². The Bertz CT molecular complexity index is 497. The summed E-state index contributed by atoms with van der Waals surface area (Å²) in [4.78, 5) is 18.5. The van der Waals surface area contributed by atoms with Crippen molar-refractivity contribution in [2.45, 2.75) is 47.1 Å². The highest BCUT2D eigenvalue weighted by atomic mass is 35.5. The van der Waals surface area contributed by atoms with Gasteiger partial charge in [-0.2, -0.15) is 0 Å². The van der Waals surface area contributed by atoms with E-state index in [1.807, 2.05) is 14.0 Å². The average Bonchev–Trinajstić information content (AvgIpc) is 2.42. The zero-order valence-electron chi connectivity index (χ0n) is 13.8. The van der Waals surface area contributed by atoms with Crippen molar-refractivity contribution in [2.75, 3.05) is 18.9 Å². The van der Waals surface area contributed by atoms with Gasteiger partial charge in [-0.1, -0.05) is 39.3 Å². The van der Waals surface area contributed by atoms with Crippen LogP contribution >= 0.6 is 11.6 Å². The molecule has 0 fully saturated rings. The number of anilines is 1. The summed E-state index contributed by atoms with van der Waals surface area (Å²) in [5, 5.41) is 3.61. The number of hydrogen-bond donors (Lipinski definition) is 1. The highest BCUT2D eigenvalue weighted by molar-refractivity contribution is 6.33. The quantitative estimate of drug-likeness (QED) is 0.891. The molecule has 118 valence electrons. The lowest BCUT2D eigenvalue weighted by Crippen LogP contribution is -2.43. The van der Waals surface area contributed by atoms with Crippen LogP contribution in [0.4, 0.5) is 5.82 Å². The zero-order chi connectivity index (χ0) is 16.2. The summed E-state index contributed by atoms with van der Waals surface area (Å²) in [6.45, 7) is 11.3. The molecule has 1 N–H and O–H groups in total. The molecular formula is C16H26ClN3O. The predicted octanol–water partition coefficient (Wildman–Crippen LogP) is 4.06. The molecule has 5 heteroatoms. The lowest BCUT2D eigenvalue weighted by molar-refractivity contribution is 0.0629. The lowest BCUT2D eigenvalue weighted by Gasteiger charge is -2.35. The van der Waals surface area contributed by atoms with E-state index < -0.39 is 0 Å². The first kappa shape index (κ1) is 17.8. The van der Waals surface area contributed by atoms with Gasteiger partial charge in [0.1, 0.15) is 5.82 Å². The van der Waals surface area contributed by atoms with Crippen molar-refractivity contribution in [3.63, 3.8) is 0 Å². The summed E-state index contributed by atoms with van der Waals surface area (Å²) < 4.78 is 0. The fourth-order valence-corrected chi connectivity index (χ4v) is 2.12. The number of hydrogen-bond acceptors (Lipinski definition) is 3. The maximum Gasteiger partial charge on any atom is 0.255 e. The number of halogens is 1. The molecule has 0 bridgehead atoms. The van der Waals surface area contributed by atoms with Gasteiger partial charge in [0.2, 0.25) is 0 Å². The molecule has 0 saturated carbocycles. The van der Waals surface area contributed by atoms with Gasteiger partial charge in [-0.15, -0.1) is 0 Å². The Morgan fingerprint density at radius 3 is 2.57 bits per heavy atom. The van der Waals surface area contributed by atoms with E-state index >= 15 is 0 Å². The largest absolute Gasteiger partial charge is 0.369 e. The summed E-state index contributed by atoms with van der Waals surface area (Å²) in [7, 11) is 1.81. The molecule has 4 nitrogen and oxygen atoms in total. The second-order valence-corrected chi connectivity index (χ2v) is 6.85. The van der Waals surface area contributed by atoms with Gasteiger partial charge in [-0.05, 0) is 24.8 Å². The first-order chi connectivity index (χ1) is 9.68. The van der Waals surface area contributed by atoms with Crippen molar-refractivity contribution in [1.29, 1.82) is 0 Å². The molecule has 1 unspecified atom stereocenters. The van der Waals surface area contributed by atoms with Crippen LogP contribution in [0, 0.1) is 5.41 Å². The fourth-order valence-electron chi connectivity index (χ4n) is 1.89. The third-order valence-corrected chi connectivity index (χ3v) is 4.07. The lowest BCUT2D eigenvalue weighted by atomic mass is 9.87. The van der Waals surface area contributed by atoms with Gasteiger partial charge in [0.05, 0.1) is 10.6 Å². The van der Waals surface area contributed by atoms with Gasteiger partial charge in [0.25, 0.3) is 5.91 Å². The van der Waals surface area contributed by atoms with Crippen LogP contribution in [0.15, 0.2) is 12.3 Å². The molecule has 1 atom stereocenters. The molecule has 21 heavy (non-hydrogen) atoms. The number of carbonyl (C=O) groups is 1. The Labute approximate surface area is 132 Å². The topological polar surface area (TPSA) is 45.2 Å². The van der Waals surface area contributed by atoms with Crippen LogP contribution in [0.3, 0.4) is 0 Å². The number of nitrogens with one attached hydrogen (secondary N) is 1. The molecule has 0 aliphatic heterocycles. The number of aromatic nitrogens is 1. The van der Waals surface area contributed by atoms with Crippen molar-refractivity contribution < 1.29 is 4.79 Å². The first-order valence-electron chi connectivity index (χ1n) is 7.35. The van der Waals surface area contributed by atoms with E-state index in [0.29, 0.717) is 16.4 Å². The highest BCUT2D eigenvalue weighted by Gasteiger charge is 2.27. The van der Waals surface area contributed by atoms with E-state index in [0.717, 1.165) is 13.0 Å². The van der Waals surface area contributed by atoms with Crippen LogP contribution in [0.5, 0.6) is 0 Å². The predicted molar refractivity (Wildman–Crippen MR) is 89.0 cm³/mol. The summed E-state index contributed by atoms with van der Waals surface area (Å²) >= 11 is 6.19. The molecular weight excluding hydrogens is 286 g/mol. The maximum absolute atomic E-state index is 12.5. The van der Waals surface area contributed by atoms with Crippen LogP contribution in [0.25, 0.3) is 0 Å². The Kier molecular flexibility index (Phi) is 6.02. The molecule has 0 saturated heterocycles. The van der Waals surface area contributed by atoms with Crippen molar-refractivity contribution in [1.82, 2.24) is 9.88 Å². The third kappa shape index (κ3) is 4.60. The average molecular weight is 312 g/mol. The van der Waals surface area contributed by atoms with E-state index in [-0.39, 0.29) is 17.4 Å². The highest BCUT2D eigenvalue weighted by Crippen LogP contribution is 2.25. The van der Waals surface area contributed by atoms with Gasteiger partial charge >= 0.3 is 0 Å². The maximum atomic E-state index is 12.5. The minimum atomic E-state index is -0.0612. The minimum absolute atomic E-state index is 0.0181. The molecule has 0 radical (unpaired) electrons. The van der Waals surface area contributed by atoms with Crippen molar-refractivity contribution in [2.24, 2.45) is 5.41 Å². The standard InChI is InChI=1S/C16H26ClN3O/c1-7-8-18-14-13(17)9-12(10-19-14)15(21)20(6)11(2)16(3,4)5/h9-11H,7-8H2,1-6H3,(H,18,19). The van der Waals surface area contributed by atoms with E-state index in [9.17, 15) is 4.79 Å². The molecule has 1 aromatic rings. The van der Waals surface area contributed by atoms with Crippen molar-refractivity contribution in [3.8, 4) is 0 Å². The SMILES string of the molecule is CCCNc1ncc(C(=O)N(C)C(C)C(C)(C)C)cc1Cl. The normalized spacial score (nSPS) is 12.9. The second kappa shape index (κ2) is 7.12. The molecule has 1 aromatic heterocycles. The Morgan fingerprint density at radius 1 is 1.48 bits per heavy atom.